The predicted octanol–water partition coefficient (Wildman–Crippen LogP) is 6.39. The zero-order valence-electron chi connectivity index (χ0n) is 18.5. The summed E-state index contributed by atoms with van der Waals surface area (Å²) in [6.07, 6.45) is 0. The number of amides is 2. The summed E-state index contributed by atoms with van der Waals surface area (Å²) < 4.78 is 0. The van der Waals surface area contributed by atoms with Crippen LogP contribution in [0.2, 0.25) is 0 Å². The van der Waals surface area contributed by atoms with Crippen molar-refractivity contribution in [2.45, 2.75) is 19.5 Å². The van der Waals surface area contributed by atoms with Crippen LogP contribution < -0.4 is 5.32 Å². The average Bonchev–Trinajstić information content (AvgIpc) is 2.88. The summed E-state index contributed by atoms with van der Waals surface area (Å²) in [4.78, 5) is 20.5. The van der Waals surface area contributed by atoms with Gasteiger partial charge in [-0.3, -0.25) is 4.90 Å². The molecule has 1 aliphatic heterocycles. The molecule has 4 aromatic carbocycles. The van der Waals surface area contributed by atoms with E-state index < -0.39 is 0 Å². The highest BCUT2D eigenvalue weighted by atomic mass is 16.2. The van der Waals surface area contributed by atoms with Gasteiger partial charge in [0.05, 0.1) is 11.7 Å². The van der Waals surface area contributed by atoms with Crippen molar-refractivity contribution in [3.05, 3.63) is 137 Å². The van der Waals surface area contributed by atoms with E-state index in [2.05, 4.69) is 36.5 Å². The van der Waals surface area contributed by atoms with E-state index in [4.69, 9.17) is 4.99 Å². The largest absolute Gasteiger partial charge is 0.334 e. The molecular weight excluding hydrogens is 406 g/mol. The number of rotatable bonds is 4. The van der Waals surface area contributed by atoms with Crippen molar-refractivity contribution in [2.75, 3.05) is 0 Å². The number of benzene rings is 4. The first-order valence-corrected chi connectivity index (χ1v) is 11.1. The molecule has 2 amide bonds. The van der Waals surface area contributed by atoms with Gasteiger partial charge in [-0.15, -0.1) is 0 Å². The number of fused-ring (bicyclic) bond motifs is 1. The van der Waals surface area contributed by atoms with Gasteiger partial charge in [0.15, 0.2) is 0 Å². The maximum Gasteiger partial charge on any atom is 0.324 e. The first-order valence-electron chi connectivity index (χ1n) is 11.1. The number of nitrogens with one attached hydrogen (secondary N) is 1. The number of aryl methyl sites for hydroxylation is 1. The van der Waals surface area contributed by atoms with Crippen molar-refractivity contribution in [1.82, 2.24) is 10.2 Å². The van der Waals surface area contributed by atoms with Gasteiger partial charge < -0.3 is 5.32 Å². The molecule has 1 N–H and O–H groups in total. The molecule has 1 unspecified atom stereocenters. The van der Waals surface area contributed by atoms with Crippen molar-refractivity contribution < 1.29 is 4.79 Å². The fourth-order valence-corrected chi connectivity index (χ4v) is 4.25. The molecule has 0 fully saturated rings. The third-order valence-corrected chi connectivity index (χ3v) is 5.84. The van der Waals surface area contributed by atoms with E-state index >= 15 is 0 Å². The van der Waals surface area contributed by atoms with Crippen molar-refractivity contribution in [3.8, 4) is 0 Å². The molecule has 0 bridgehead atoms. The van der Waals surface area contributed by atoms with E-state index in [1.54, 1.807) is 4.90 Å². The Hall–Kier alpha value is -4.18. The highest BCUT2D eigenvalue weighted by molar-refractivity contribution is 6.10. The van der Waals surface area contributed by atoms with Crippen molar-refractivity contribution in [2.24, 2.45) is 4.99 Å². The van der Waals surface area contributed by atoms with E-state index in [1.165, 1.54) is 0 Å². The van der Waals surface area contributed by atoms with Crippen LogP contribution in [0.4, 0.5) is 10.5 Å². The summed E-state index contributed by atoms with van der Waals surface area (Å²) in [7, 11) is 0. The number of hydrogen-bond donors (Lipinski definition) is 1. The van der Waals surface area contributed by atoms with Gasteiger partial charge in [-0.25, -0.2) is 9.79 Å². The zero-order chi connectivity index (χ0) is 22.6. The molecule has 0 radical (unpaired) electrons. The summed E-state index contributed by atoms with van der Waals surface area (Å²) in [5.41, 5.74) is 6.05. The predicted molar refractivity (Wildman–Crippen MR) is 133 cm³/mol. The molecule has 0 spiro atoms. The summed E-state index contributed by atoms with van der Waals surface area (Å²) in [5.74, 6) is 0.645. The molecule has 0 saturated carbocycles. The third-order valence-electron chi connectivity index (χ3n) is 5.84. The maximum atomic E-state index is 13.8. The Bertz CT molecular complexity index is 1280. The van der Waals surface area contributed by atoms with Gasteiger partial charge >= 0.3 is 6.03 Å². The molecule has 5 rings (SSSR count). The quantitative estimate of drug-likeness (QED) is 0.400. The van der Waals surface area contributed by atoms with E-state index in [1.807, 2.05) is 84.9 Å². The molecule has 4 heteroatoms. The molecule has 0 saturated heterocycles. The van der Waals surface area contributed by atoms with Gasteiger partial charge in [0.1, 0.15) is 5.84 Å². The molecule has 1 aliphatic rings. The first kappa shape index (κ1) is 20.7. The summed E-state index contributed by atoms with van der Waals surface area (Å²) in [6, 6.07) is 35.8. The minimum atomic E-state index is -0.287. The van der Waals surface area contributed by atoms with Crippen LogP contribution in [-0.2, 0) is 6.54 Å². The number of carbonyl (C=O) groups is 1. The van der Waals surface area contributed by atoms with Crippen LogP contribution in [0.15, 0.2) is 114 Å². The monoisotopic (exact) mass is 431 g/mol. The highest BCUT2D eigenvalue weighted by Crippen LogP contribution is 2.40. The number of nitrogens with zero attached hydrogens (tertiary/aromatic N) is 2. The maximum absolute atomic E-state index is 13.8. The van der Waals surface area contributed by atoms with Crippen molar-refractivity contribution in [1.29, 1.82) is 0 Å². The topological polar surface area (TPSA) is 44.7 Å². The Morgan fingerprint density at radius 3 is 2.18 bits per heavy atom. The Balaban J connectivity index is 1.63. The summed E-state index contributed by atoms with van der Waals surface area (Å²) in [6.45, 7) is 2.51. The molecule has 33 heavy (non-hydrogen) atoms. The lowest BCUT2D eigenvalue weighted by Crippen LogP contribution is -2.47. The minimum absolute atomic E-state index is 0.178. The van der Waals surface area contributed by atoms with Gasteiger partial charge in [0.25, 0.3) is 0 Å². The average molecular weight is 432 g/mol. The second kappa shape index (κ2) is 9.13. The van der Waals surface area contributed by atoms with Crippen LogP contribution >= 0.6 is 0 Å². The smallest absolute Gasteiger partial charge is 0.324 e. The molecule has 1 atom stereocenters. The molecule has 1 heterocycles. The lowest BCUT2D eigenvalue weighted by molar-refractivity contribution is 0.212. The minimum Gasteiger partial charge on any atom is -0.334 e. The fraction of sp³-hybridized carbons (Fsp3) is 0.103. The van der Waals surface area contributed by atoms with Crippen LogP contribution in [-0.4, -0.2) is 16.8 Å². The Morgan fingerprint density at radius 2 is 1.48 bits per heavy atom. The number of amidine groups is 1. The lowest BCUT2D eigenvalue weighted by atomic mass is 9.92. The number of urea groups is 1. The van der Waals surface area contributed by atoms with E-state index in [0.717, 1.165) is 33.5 Å². The van der Waals surface area contributed by atoms with Gasteiger partial charge in [-0.1, -0.05) is 109 Å². The van der Waals surface area contributed by atoms with Crippen LogP contribution in [0.3, 0.4) is 0 Å². The number of carbonyl (C=O) groups excluding carboxylic acids is 1. The van der Waals surface area contributed by atoms with Crippen molar-refractivity contribution >= 4 is 17.6 Å². The molecule has 4 nitrogen and oxygen atoms in total. The Kier molecular flexibility index (Phi) is 5.73. The van der Waals surface area contributed by atoms with Gasteiger partial charge in [-0.05, 0) is 24.1 Å². The zero-order valence-corrected chi connectivity index (χ0v) is 18.5. The van der Waals surface area contributed by atoms with Crippen LogP contribution in [0, 0.1) is 6.92 Å². The van der Waals surface area contributed by atoms with Crippen LogP contribution in [0.25, 0.3) is 0 Å². The summed E-state index contributed by atoms with van der Waals surface area (Å²) in [5, 5.41) is 3.12. The van der Waals surface area contributed by atoms with E-state index in [-0.39, 0.29) is 12.1 Å². The van der Waals surface area contributed by atoms with Gasteiger partial charge in [-0.2, -0.15) is 0 Å². The number of hydrogen-bond acceptors (Lipinski definition) is 2. The Morgan fingerprint density at radius 1 is 0.848 bits per heavy atom. The van der Waals surface area contributed by atoms with Gasteiger partial charge in [0.2, 0.25) is 0 Å². The summed E-state index contributed by atoms with van der Waals surface area (Å²) >= 11 is 0. The second-order valence-corrected chi connectivity index (χ2v) is 8.19. The molecule has 0 aliphatic carbocycles. The molecule has 0 aromatic heterocycles. The van der Waals surface area contributed by atoms with Gasteiger partial charge in [0, 0.05) is 17.7 Å². The fourth-order valence-electron chi connectivity index (χ4n) is 4.25. The van der Waals surface area contributed by atoms with Crippen molar-refractivity contribution in [3.63, 3.8) is 0 Å². The standard InChI is InChI=1S/C29H25N3O/c1-21-17-18-26-25(19-21)27(23-13-7-3-8-14-23)32(28(31-26)24-15-9-4-10-16-24)29(33)30-20-22-11-5-2-6-12-22/h2-19,27H,20H2,1H3,(H,30,33). The van der Waals surface area contributed by atoms with Crippen LogP contribution in [0.1, 0.15) is 33.9 Å². The second-order valence-electron chi connectivity index (χ2n) is 8.19. The number of aliphatic imine (C=N–C) groups is 1. The van der Waals surface area contributed by atoms with E-state index in [0.29, 0.717) is 12.4 Å². The van der Waals surface area contributed by atoms with E-state index in [9.17, 15) is 4.79 Å². The molecule has 162 valence electrons. The SMILES string of the molecule is Cc1ccc2c(c1)C(c1ccccc1)N(C(=O)NCc1ccccc1)C(c1ccccc1)=N2. The Labute approximate surface area is 194 Å². The normalized spacial score (nSPS) is 14.9. The third kappa shape index (κ3) is 4.28. The molecular formula is C29H25N3O. The van der Waals surface area contributed by atoms with Crippen LogP contribution in [0.5, 0.6) is 0 Å². The first-order chi connectivity index (χ1) is 16.2. The molecule has 4 aromatic rings. The highest BCUT2D eigenvalue weighted by Gasteiger charge is 2.36. The lowest BCUT2D eigenvalue weighted by Gasteiger charge is -2.37.